The molecule has 0 fully saturated rings. The van der Waals surface area contributed by atoms with Crippen molar-refractivity contribution in [2.75, 3.05) is 6.54 Å². The molecular formula is C16H20Cl2N2OS. The van der Waals surface area contributed by atoms with Crippen molar-refractivity contribution in [3.8, 4) is 0 Å². The zero-order valence-corrected chi connectivity index (χ0v) is 15.0. The van der Waals surface area contributed by atoms with Crippen molar-refractivity contribution in [2.45, 2.75) is 26.7 Å². The highest BCUT2D eigenvalue weighted by Gasteiger charge is 2.04. The van der Waals surface area contributed by atoms with Gasteiger partial charge in [0, 0.05) is 16.6 Å². The Bertz CT molecular complexity index is 573. The fraction of sp³-hybridized carbons (Fsp3) is 0.312. The van der Waals surface area contributed by atoms with Crippen LogP contribution in [0, 0.1) is 0 Å². The number of halogens is 2. The second kappa shape index (κ2) is 9.82. The summed E-state index contributed by atoms with van der Waals surface area (Å²) in [5.74, 6) is 0. The van der Waals surface area contributed by atoms with Crippen LogP contribution >= 0.6 is 35.0 Å². The summed E-state index contributed by atoms with van der Waals surface area (Å²) in [5, 5.41) is 9.24. The van der Waals surface area contributed by atoms with Gasteiger partial charge in [-0.2, -0.15) is 0 Å². The summed E-state index contributed by atoms with van der Waals surface area (Å²) in [6, 6.07) is 5.06. The van der Waals surface area contributed by atoms with E-state index in [0.717, 1.165) is 12.0 Å². The Morgan fingerprint density at radius 2 is 2.14 bits per heavy atom. The Labute approximate surface area is 146 Å². The zero-order chi connectivity index (χ0) is 16.5. The van der Waals surface area contributed by atoms with E-state index in [2.05, 4.69) is 24.1 Å². The number of carbonyl (C=O) groups excluding carboxylic acids is 1. The number of urea groups is 1. The van der Waals surface area contributed by atoms with Crippen molar-refractivity contribution in [1.29, 1.82) is 0 Å². The van der Waals surface area contributed by atoms with Crippen molar-refractivity contribution in [1.82, 2.24) is 10.6 Å². The first-order chi connectivity index (χ1) is 10.4. The molecule has 2 amide bonds. The highest BCUT2D eigenvalue weighted by Crippen LogP contribution is 2.21. The van der Waals surface area contributed by atoms with Crippen LogP contribution in [0.1, 0.15) is 25.8 Å². The molecule has 3 nitrogen and oxygen atoms in total. The molecule has 1 rings (SSSR count). The molecule has 120 valence electrons. The summed E-state index contributed by atoms with van der Waals surface area (Å²) in [6.45, 7) is 8.40. The fourth-order valence-electron chi connectivity index (χ4n) is 1.49. The number of carbonyl (C=O) groups is 1. The second-order valence-corrected chi connectivity index (χ2v) is 6.53. The van der Waals surface area contributed by atoms with Crippen molar-refractivity contribution < 1.29 is 4.79 Å². The predicted octanol–water partition coefficient (Wildman–Crippen LogP) is 5.35. The van der Waals surface area contributed by atoms with Gasteiger partial charge in [-0.05, 0) is 42.9 Å². The Balaban J connectivity index is 2.33. The molecule has 0 saturated carbocycles. The van der Waals surface area contributed by atoms with Crippen LogP contribution in [0.4, 0.5) is 4.79 Å². The maximum atomic E-state index is 11.7. The topological polar surface area (TPSA) is 41.1 Å². The third-order valence-corrected chi connectivity index (χ3v) is 4.40. The van der Waals surface area contributed by atoms with E-state index in [1.807, 2.05) is 18.4 Å². The van der Waals surface area contributed by atoms with E-state index in [0.29, 0.717) is 28.0 Å². The van der Waals surface area contributed by atoms with Crippen LogP contribution in [0.2, 0.25) is 10.0 Å². The second-order valence-electron chi connectivity index (χ2n) is 4.73. The van der Waals surface area contributed by atoms with E-state index < -0.39 is 0 Å². The highest BCUT2D eigenvalue weighted by molar-refractivity contribution is 8.05. The summed E-state index contributed by atoms with van der Waals surface area (Å²) in [6.07, 6.45) is 1.62. The molecule has 0 atom stereocenters. The first-order valence-electron chi connectivity index (χ1n) is 6.92. The Hall–Kier alpha value is -1.10. The van der Waals surface area contributed by atoms with Crippen molar-refractivity contribution in [2.24, 2.45) is 0 Å². The van der Waals surface area contributed by atoms with Gasteiger partial charge in [0.05, 0.1) is 5.03 Å². The minimum absolute atomic E-state index is 0.273. The molecule has 1 aromatic rings. The fourth-order valence-corrected chi connectivity index (χ4v) is 2.66. The third-order valence-electron chi connectivity index (χ3n) is 2.91. The number of benzene rings is 1. The molecule has 0 aliphatic rings. The van der Waals surface area contributed by atoms with Crippen LogP contribution in [0.15, 0.2) is 40.8 Å². The molecule has 2 N–H and O–H groups in total. The Kier molecular flexibility index (Phi) is 8.46. The summed E-state index contributed by atoms with van der Waals surface area (Å²) < 4.78 is 0. The first kappa shape index (κ1) is 18.9. The first-order valence-corrected chi connectivity index (χ1v) is 8.56. The number of hydrogen-bond acceptors (Lipinski definition) is 2. The molecule has 1 aromatic carbocycles. The van der Waals surface area contributed by atoms with Gasteiger partial charge in [0.15, 0.2) is 0 Å². The van der Waals surface area contributed by atoms with Crippen LogP contribution in [0.5, 0.6) is 0 Å². The molecule has 22 heavy (non-hydrogen) atoms. The average Bonchev–Trinajstić information content (AvgIpc) is 2.47. The molecule has 0 aliphatic carbocycles. The van der Waals surface area contributed by atoms with Crippen LogP contribution in [0.3, 0.4) is 0 Å². The van der Waals surface area contributed by atoms with Gasteiger partial charge in [0.2, 0.25) is 0 Å². The van der Waals surface area contributed by atoms with Gasteiger partial charge in [-0.15, -0.1) is 0 Å². The number of hydrogen-bond donors (Lipinski definition) is 2. The van der Waals surface area contributed by atoms with Gasteiger partial charge in [-0.3, -0.25) is 0 Å². The van der Waals surface area contributed by atoms with Crippen LogP contribution in [-0.2, 0) is 6.42 Å². The van der Waals surface area contributed by atoms with E-state index in [4.69, 9.17) is 23.2 Å². The monoisotopic (exact) mass is 358 g/mol. The van der Waals surface area contributed by atoms with Crippen LogP contribution < -0.4 is 10.6 Å². The molecule has 0 aromatic heterocycles. The van der Waals surface area contributed by atoms with Crippen molar-refractivity contribution in [3.63, 3.8) is 0 Å². The standard InChI is InChI=1S/C16H20Cl2N2OS/c1-4-11(2)10-22-12(3)20-16(21)19-8-7-13-5-6-14(17)9-15(13)18/h5-6,9-10H,3-4,7-8H2,1-2H3,(H2,19,20,21)/b11-10+. The molecule has 0 saturated heterocycles. The highest BCUT2D eigenvalue weighted by atomic mass is 35.5. The normalized spacial score (nSPS) is 11.2. The number of nitrogens with one attached hydrogen (secondary N) is 2. The van der Waals surface area contributed by atoms with Gasteiger partial charge in [0.1, 0.15) is 0 Å². The smallest absolute Gasteiger partial charge is 0.319 e. The number of amides is 2. The molecule has 0 heterocycles. The molecule has 6 heteroatoms. The lowest BCUT2D eigenvalue weighted by Gasteiger charge is -2.09. The Morgan fingerprint density at radius 3 is 2.77 bits per heavy atom. The summed E-state index contributed by atoms with van der Waals surface area (Å²) >= 11 is 13.3. The average molecular weight is 359 g/mol. The van der Waals surface area contributed by atoms with E-state index >= 15 is 0 Å². The van der Waals surface area contributed by atoms with E-state index in [9.17, 15) is 4.79 Å². The summed E-state index contributed by atoms with van der Waals surface area (Å²) in [7, 11) is 0. The molecule has 0 spiro atoms. The number of allylic oxidation sites excluding steroid dienone is 1. The maximum Gasteiger partial charge on any atom is 0.319 e. The van der Waals surface area contributed by atoms with Gasteiger partial charge in [-0.25, -0.2) is 4.79 Å². The van der Waals surface area contributed by atoms with Crippen molar-refractivity contribution in [3.05, 3.63) is 56.4 Å². The van der Waals surface area contributed by atoms with Crippen LogP contribution in [-0.4, -0.2) is 12.6 Å². The van der Waals surface area contributed by atoms with Gasteiger partial charge < -0.3 is 10.6 Å². The number of thioether (sulfide) groups is 1. The third kappa shape index (κ3) is 7.25. The SMILES string of the molecule is C=C(NC(=O)NCCc1ccc(Cl)cc1Cl)S/C=C(\C)CC. The maximum absolute atomic E-state index is 11.7. The summed E-state index contributed by atoms with van der Waals surface area (Å²) in [5.41, 5.74) is 2.19. The van der Waals surface area contributed by atoms with Gasteiger partial charge >= 0.3 is 6.03 Å². The molecular weight excluding hydrogens is 339 g/mol. The quantitative estimate of drug-likeness (QED) is 0.689. The Morgan fingerprint density at radius 1 is 1.41 bits per heavy atom. The lowest BCUT2D eigenvalue weighted by Crippen LogP contribution is -2.35. The molecule has 0 bridgehead atoms. The molecule has 0 aliphatic heterocycles. The number of rotatable bonds is 7. The van der Waals surface area contributed by atoms with E-state index in [-0.39, 0.29) is 6.03 Å². The predicted molar refractivity (Wildman–Crippen MR) is 97.5 cm³/mol. The molecule has 0 unspecified atom stereocenters. The minimum atomic E-state index is -0.273. The van der Waals surface area contributed by atoms with Crippen LogP contribution in [0.25, 0.3) is 0 Å². The van der Waals surface area contributed by atoms with Crippen molar-refractivity contribution >= 4 is 41.0 Å². The minimum Gasteiger partial charge on any atom is -0.338 e. The van der Waals surface area contributed by atoms with E-state index in [1.54, 1.807) is 12.1 Å². The van der Waals surface area contributed by atoms with E-state index in [1.165, 1.54) is 17.3 Å². The summed E-state index contributed by atoms with van der Waals surface area (Å²) in [4.78, 5) is 11.7. The zero-order valence-electron chi connectivity index (χ0n) is 12.7. The lowest BCUT2D eigenvalue weighted by molar-refractivity contribution is 0.244. The lowest BCUT2D eigenvalue weighted by atomic mass is 10.1. The molecule has 0 radical (unpaired) electrons. The largest absolute Gasteiger partial charge is 0.338 e. The van der Waals surface area contributed by atoms with Gasteiger partial charge in [0.25, 0.3) is 0 Å². The van der Waals surface area contributed by atoms with Gasteiger partial charge in [-0.1, -0.05) is 60.1 Å².